The van der Waals surface area contributed by atoms with Crippen molar-refractivity contribution in [2.24, 2.45) is 11.3 Å². The van der Waals surface area contributed by atoms with Crippen LogP contribution < -0.4 is 10.6 Å². The summed E-state index contributed by atoms with van der Waals surface area (Å²) in [6.07, 6.45) is 3.67. The third kappa shape index (κ3) is 4.03. The summed E-state index contributed by atoms with van der Waals surface area (Å²) in [7, 11) is 0. The molecule has 0 saturated heterocycles. The maximum atomic E-state index is 5.57. The highest BCUT2D eigenvalue weighted by Gasteiger charge is 2.32. The second-order valence-corrected chi connectivity index (χ2v) is 8.14. The Morgan fingerprint density at radius 3 is 2.61 bits per heavy atom. The Bertz CT molecular complexity index is 702. The Balaban J connectivity index is 1.69. The first-order valence-corrected chi connectivity index (χ1v) is 8.89. The zero-order chi connectivity index (χ0) is 16.4. The van der Waals surface area contributed by atoms with Gasteiger partial charge in [0.1, 0.15) is 0 Å². The zero-order valence-corrected chi connectivity index (χ0v) is 15.0. The van der Waals surface area contributed by atoms with Gasteiger partial charge in [-0.2, -0.15) is 0 Å². The molecule has 0 aliphatic heterocycles. The Labute approximate surface area is 144 Å². The SMILES string of the molecule is CC1CC(NC(=S)Nc2cccc3ccccc23)CC(C)(C)C1. The van der Waals surface area contributed by atoms with Gasteiger partial charge in [-0.1, -0.05) is 57.2 Å². The highest BCUT2D eigenvalue weighted by molar-refractivity contribution is 7.80. The van der Waals surface area contributed by atoms with Crippen molar-refractivity contribution < 1.29 is 0 Å². The first-order valence-electron chi connectivity index (χ1n) is 8.48. The molecular weight excluding hydrogens is 300 g/mol. The van der Waals surface area contributed by atoms with Gasteiger partial charge in [-0.25, -0.2) is 0 Å². The number of nitrogens with one attached hydrogen (secondary N) is 2. The van der Waals surface area contributed by atoms with Gasteiger partial charge < -0.3 is 10.6 Å². The van der Waals surface area contributed by atoms with Crippen LogP contribution in [0.15, 0.2) is 42.5 Å². The van der Waals surface area contributed by atoms with Gasteiger partial charge in [0.05, 0.1) is 0 Å². The van der Waals surface area contributed by atoms with Crippen molar-refractivity contribution in [2.45, 2.75) is 46.1 Å². The van der Waals surface area contributed by atoms with Crippen LogP contribution in [0, 0.1) is 11.3 Å². The lowest BCUT2D eigenvalue weighted by Gasteiger charge is -2.39. The molecule has 2 N–H and O–H groups in total. The van der Waals surface area contributed by atoms with E-state index in [1.807, 2.05) is 0 Å². The summed E-state index contributed by atoms with van der Waals surface area (Å²) in [6.45, 7) is 7.06. The van der Waals surface area contributed by atoms with Crippen LogP contribution in [0.1, 0.15) is 40.0 Å². The summed E-state index contributed by atoms with van der Waals surface area (Å²) < 4.78 is 0. The predicted octanol–water partition coefficient (Wildman–Crippen LogP) is 5.34. The lowest BCUT2D eigenvalue weighted by atomic mass is 9.71. The third-order valence-electron chi connectivity index (χ3n) is 4.76. The Morgan fingerprint density at radius 2 is 1.83 bits per heavy atom. The molecule has 1 fully saturated rings. The van der Waals surface area contributed by atoms with E-state index in [1.165, 1.54) is 30.0 Å². The van der Waals surface area contributed by atoms with Crippen molar-refractivity contribution in [3.05, 3.63) is 42.5 Å². The van der Waals surface area contributed by atoms with Gasteiger partial charge in [0, 0.05) is 17.1 Å². The predicted molar refractivity (Wildman–Crippen MR) is 104 cm³/mol. The third-order valence-corrected chi connectivity index (χ3v) is 4.98. The number of thiocarbonyl (C=S) groups is 1. The van der Waals surface area contributed by atoms with Crippen molar-refractivity contribution in [3.63, 3.8) is 0 Å². The Morgan fingerprint density at radius 1 is 1.09 bits per heavy atom. The number of hydrogen-bond acceptors (Lipinski definition) is 1. The normalized spacial score (nSPS) is 23.4. The molecular formula is C20H26N2S. The van der Waals surface area contributed by atoms with Crippen LogP contribution in [0.4, 0.5) is 5.69 Å². The molecule has 2 aromatic carbocycles. The van der Waals surface area contributed by atoms with Crippen LogP contribution in [-0.2, 0) is 0 Å². The smallest absolute Gasteiger partial charge is 0.171 e. The van der Waals surface area contributed by atoms with E-state index in [9.17, 15) is 0 Å². The van der Waals surface area contributed by atoms with Gasteiger partial charge >= 0.3 is 0 Å². The standard InChI is InChI=1S/C20H26N2S/c1-14-11-16(13-20(2,3)12-14)21-19(23)22-18-10-6-8-15-7-4-5-9-17(15)18/h4-10,14,16H,11-13H2,1-3H3,(H2,21,22,23). The van der Waals surface area contributed by atoms with Crippen LogP contribution in [0.3, 0.4) is 0 Å². The summed E-state index contributed by atoms with van der Waals surface area (Å²) in [6, 6.07) is 15.1. The second kappa shape index (κ2) is 6.48. The van der Waals surface area contributed by atoms with E-state index in [2.05, 4.69) is 73.9 Å². The minimum atomic E-state index is 0.393. The molecule has 3 rings (SSSR count). The molecule has 3 heteroatoms. The molecule has 2 unspecified atom stereocenters. The lowest BCUT2D eigenvalue weighted by molar-refractivity contribution is 0.162. The quantitative estimate of drug-likeness (QED) is 0.728. The molecule has 122 valence electrons. The molecule has 0 amide bonds. The first kappa shape index (κ1) is 16.3. The monoisotopic (exact) mass is 326 g/mol. The van der Waals surface area contributed by atoms with Crippen molar-refractivity contribution in [1.29, 1.82) is 0 Å². The highest BCUT2D eigenvalue weighted by atomic mass is 32.1. The average Bonchev–Trinajstić information content (AvgIpc) is 2.45. The number of anilines is 1. The summed E-state index contributed by atoms with van der Waals surface area (Å²) in [5.74, 6) is 0.747. The van der Waals surface area contributed by atoms with E-state index in [-0.39, 0.29) is 0 Å². The van der Waals surface area contributed by atoms with E-state index < -0.39 is 0 Å². The molecule has 1 aliphatic carbocycles. The molecule has 2 atom stereocenters. The summed E-state index contributed by atoms with van der Waals surface area (Å²) in [5, 5.41) is 10.1. The largest absolute Gasteiger partial charge is 0.360 e. The second-order valence-electron chi connectivity index (χ2n) is 7.74. The van der Waals surface area contributed by atoms with E-state index in [1.54, 1.807) is 0 Å². The van der Waals surface area contributed by atoms with Gasteiger partial charge in [0.15, 0.2) is 5.11 Å². The number of rotatable bonds is 2. The molecule has 2 aromatic rings. The molecule has 0 radical (unpaired) electrons. The van der Waals surface area contributed by atoms with Crippen LogP contribution in [-0.4, -0.2) is 11.2 Å². The van der Waals surface area contributed by atoms with Crippen molar-refractivity contribution in [1.82, 2.24) is 5.32 Å². The van der Waals surface area contributed by atoms with Gasteiger partial charge in [0.25, 0.3) is 0 Å². The number of fused-ring (bicyclic) bond motifs is 1. The Kier molecular flexibility index (Phi) is 4.58. The molecule has 0 spiro atoms. The van der Waals surface area contributed by atoms with Crippen molar-refractivity contribution in [2.75, 3.05) is 5.32 Å². The number of hydrogen-bond donors (Lipinski definition) is 2. The van der Waals surface area contributed by atoms with Crippen LogP contribution in [0.5, 0.6) is 0 Å². The molecule has 1 saturated carbocycles. The maximum Gasteiger partial charge on any atom is 0.171 e. The summed E-state index contributed by atoms with van der Waals surface area (Å²) in [5.41, 5.74) is 1.47. The fourth-order valence-electron chi connectivity index (χ4n) is 4.13. The van der Waals surface area contributed by atoms with Gasteiger partial charge in [-0.05, 0) is 54.3 Å². The molecule has 23 heavy (non-hydrogen) atoms. The van der Waals surface area contributed by atoms with Gasteiger partial charge in [-0.15, -0.1) is 0 Å². The van der Waals surface area contributed by atoms with E-state index in [0.717, 1.165) is 16.7 Å². The first-order chi connectivity index (χ1) is 10.9. The molecule has 1 aliphatic rings. The minimum Gasteiger partial charge on any atom is -0.360 e. The average molecular weight is 327 g/mol. The van der Waals surface area contributed by atoms with E-state index in [4.69, 9.17) is 12.2 Å². The number of benzene rings is 2. The van der Waals surface area contributed by atoms with Crippen molar-refractivity contribution >= 4 is 33.8 Å². The van der Waals surface area contributed by atoms with Gasteiger partial charge in [-0.3, -0.25) is 0 Å². The van der Waals surface area contributed by atoms with Crippen molar-refractivity contribution in [3.8, 4) is 0 Å². The van der Waals surface area contributed by atoms with Gasteiger partial charge in [0.2, 0.25) is 0 Å². The topological polar surface area (TPSA) is 24.1 Å². The maximum absolute atomic E-state index is 5.57. The molecule has 0 bridgehead atoms. The minimum absolute atomic E-state index is 0.393. The fraction of sp³-hybridized carbons (Fsp3) is 0.450. The van der Waals surface area contributed by atoms with E-state index >= 15 is 0 Å². The van der Waals surface area contributed by atoms with Crippen LogP contribution >= 0.6 is 12.2 Å². The van der Waals surface area contributed by atoms with E-state index in [0.29, 0.717) is 11.5 Å². The molecule has 0 aromatic heterocycles. The lowest BCUT2D eigenvalue weighted by Crippen LogP contribution is -2.44. The summed E-state index contributed by atoms with van der Waals surface area (Å²) >= 11 is 5.57. The Hall–Kier alpha value is -1.61. The summed E-state index contributed by atoms with van der Waals surface area (Å²) in [4.78, 5) is 0. The molecule has 0 heterocycles. The van der Waals surface area contributed by atoms with Crippen LogP contribution in [0.25, 0.3) is 10.8 Å². The zero-order valence-electron chi connectivity index (χ0n) is 14.2. The highest BCUT2D eigenvalue weighted by Crippen LogP contribution is 2.38. The van der Waals surface area contributed by atoms with Crippen LogP contribution in [0.2, 0.25) is 0 Å². The fourth-order valence-corrected chi connectivity index (χ4v) is 4.41. The molecule has 2 nitrogen and oxygen atoms in total.